The first-order valence-electron chi connectivity index (χ1n) is 11.9. The molecule has 0 saturated heterocycles. The van der Waals surface area contributed by atoms with E-state index in [9.17, 15) is 13.2 Å². The van der Waals surface area contributed by atoms with Crippen LogP contribution in [-0.4, -0.2) is 0 Å². The molecule has 0 aromatic heterocycles. The average molecular weight is 477 g/mol. The standard InChI is InChI=1S/C33H23F3/c1-20-18-29-30(19-21(20)2)32(26-13-7-9-22-8-3-4-10-25(22)26)28-12-6-5-11-27(28)31(29)23-14-16-24(17-15-23)33(34,35)36/h3-19H,1-2H3. The van der Waals surface area contributed by atoms with Gasteiger partial charge in [-0.2, -0.15) is 13.2 Å². The lowest BCUT2D eigenvalue weighted by Gasteiger charge is -2.20. The van der Waals surface area contributed by atoms with Gasteiger partial charge in [0.15, 0.2) is 0 Å². The van der Waals surface area contributed by atoms with Gasteiger partial charge in [-0.05, 0) is 91.7 Å². The molecule has 176 valence electrons. The Labute approximate surface area is 207 Å². The number of aryl methyl sites for hydroxylation is 2. The molecule has 0 heterocycles. The third kappa shape index (κ3) is 3.54. The van der Waals surface area contributed by atoms with E-state index in [1.165, 1.54) is 28.5 Å². The van der Waals surface area contributed by atoms with E-state index in [-0.39, 0.29) is 0 Å². The van der Waals surface area contributed by atoms with Gasteiger partial charge in [0.2, 0.25) is 0 Å². The van der Waals surface area contributed by atoms with E-state index in [2.05, 4.69) is 74.5 Å². The largest absolute Gasteiger partial charge is 0.416 e. The number of hydrogen-bond donors (Lipinski definition) is 0. The number of rotatable bonds is 2. The van der Waals surface area contributed by atoms with Crippen molar-refractivity contribution in [3.8, 4) is 22.3 Å². The molecule has 0 saturated carbocycles. The maximum Gasteiger partial charge on any atom is 0.416 e. The van der Waals surface area contributed by atoms with Crippen LogP contribution in [0.1, 0.15) is 16.7 Å². The van der Waals surface area contributed by atoms with Crippen molar-refractivity contribution in [1.29, 1.82) is 0 Å². The van der Waals surface area contributed by atoms with Gasteiger partial charge in [-0.25, -0.2) is 0 Å². The molecule has 0 aliphatic carbocycles. The van der Waals surface area contributed by atoms with Crippen molar-refractivity contribution in [3.05, 3.63) is 120 Å². The average Bonchev–Trinajstić information content (AvgIpc) is 2.88. The Hall–Kier alpha value is -4.11. The molecule has 0 aliphatic heterocycles. The van der Waals surface area contributed by atoms with Crippen LogP contribution < -0.4 is 0 Å². The molecule has 0 spiro atoms. The van der Waals surface area contributed by atoms with Gasteiger partial charge in [-0.15, -0.1) is 0 Å². The smallest absolute Gasteiger partial charge is 0.166 e. The van der Waals surface area contributed by atoms with Gasteiger partial charge in [0.1, 0.15) is 0 Å². The molecule has 0 radical (unpaired) electrons. The highest BCUT2D eigenvalue weighted by atomic mass is 19.4. The van der Waals surface area contributed by atoms with Crippen molar-refractivity contribution in [2.24, 2.45) is 0 Å². The second kappa shape index (κ2) is 8.23. The molecule has 0 atom stereocenters. The highest BCUT2D eigenvalue weighted by Gasteiger charge is 2.30. The zero-order valence-electron chi connectivity index (χ0n) is 19.9. The second-order valence-corrected chi connectivity index (χ2v) is 9.38. The Morgan fingerprint density at radius 3 is 1.67 bits per heavy atom. The van der Waals surface area contributed by atoms with Gasteiger partial charge in [-0.1, -0.05) is 91.0 Å². The first-order valence-corrected chi connectivity index (χ1v) is 11.9. The van der Waals surface area contributed by atoms with E-state index in [1.807, 2.05) is 18.2 Å². The maximum absolute atomic E-state index is 13.3. The second-order valence-electron chi connectivity index (χ2n) is 9.38. The van der Waals surface area contributed by atoms with Crippen molar-refractivity contribution >= 4 is 32.3 Å². The molecule has 3 heteroatoms. The van der Waals surface area contributed by atoms with E-state index in [0.717, 1.165) is 49.4 Å². The highest BCUT2D eigenvalue weighted by molar-refractivity contribution is 6.23. The van der Waals surface area contributed by atoms with Crippen LogP contribution in [-0.2, 0) is 6.18 Å². The minimum absolute atomic E-state index is 0.640. The first-order chi connectivity index (χ1) is 17.3. The summed E-state index contributed by atoms with van der Waals surface area (Å²) in [5.74, 6) is 0. The van der Waals surface area contributed by atoms with Gasteiger partial charge in [0.25, 0.3) is 0 Å². The molecular formula is C33H23F3. The zero-order valence-corrected chi connectivity index (χ0v) is 19.9. The van der Waals surface area contributed by atoms with Crippen LogP contribution in [0.4, 0.5) is 13.2 Å². The molecule has 6 aromatic carbocycles. The third-order valence-electron chi connectivity index (χ3n) is 7.20. The topological polar surface area (TPSA) is 0 Å². The number of benzene rings is 6. The number of alkyl halides is 3. The van der Waals surface area contributed by atoms with Crippen molar-refractivity contribution < 1.29 is 13.2 Å². The predicted molar refractivity (Wildman–Crippen MR) is 144 cm³/mol. The van der Waals surface area contributed by atoms with Gasteiger partial charge in [0, 0.05) is 0 Å². The minimum atomic E-state index is -4.37. The van der Waals surface area contributed by atoms with Crippen molar-refractivity contribution in [3.63, 3.8) is 0 Å². The minimum Gasteiger partial charge on any atom is -0.166 e. The molecule has 6 rings (SSSR count). The van der Waals surface area contributed by atoms with Gasteiger partial charge in [0.05, 0.1) is 5.56 Å². The Kier molecular flexibility index (Phi) is 5.11. The quantitative estimate of drug-likeness (QED) is 0.218. The van der Waals surface area contributed by atoms with Crippen molar-refractivity contribution in [2.45, 2.75) is 20.0 Å². The molecule has 0 N–H and O–H groups in total. The Morgan fingerprint density at radius 1 is 0.500 bits per heavy atom. The number of halogens is 3. The summed E-state index contributed by atoms with van der Waals surface area (Å²) in [5.41, 5.74) is 5.72. The fourth-order valence-corrected chi connectivity index (χ4v) is 5.31. The number of hydrogen-bond acceptors (Lipinski definition) is 0. The summed E-state index contributed by atoms with van der Waals surface area (Å²) >= 11 is 0. The molecule has 0 unspecified atom stereocenters. The summed E-state index contributed by atoms with van der Waals surface area (Å²) < 4.78 is 39.9. The summed E-state index contributed by atoms with van der Waals surface area (Å²) in [6, 6.07) is 32.9. The third-order valence-corrected chi connectivity index (χ3v) is 7.20. The van der Waals surface area contributed by atoms with E-state index >= 15 is 0 Å². The van der Waals surface area contributed by atoms with Crippen LogP contribution in [0.25, 0.3) is 54.6 Å². The lowest BCUT2D eigenvalue weighted by molar-refractivity contribution is -0.137. The van der Waals surface area contributed by atoms with Crippen molar-refractivity contribution in [1.82, 2.24) is 0 Å². The van der Waals surface area contributed by atoms with E-state index in [1.54, 1.807) is 12.1 Å². The predicted octanol–water partition coefficient (Wildman–Crippen LogP) is 10.1. The Balaban J connectivity index is 1.78. The normalized spacial score (nSPS) is 12.0. The maximum atomic E-state index is 13.3. The fourth-order valence-electron chi connectivity index (χ4n) is 5.31. The number of fused-ring (bicyclic) bond motifs is 3. The van der Waals surface area contributed by atoms with Crippen LogP contribution in [0.2, 0.25) is 0 Å². The van der Waals surface area contributed by atoms with Crippen molar-refractivity contribution in [2.75, 3.05) is 0 Å². The van der Waals surface area contributed by atoms with Crippen LogP contribution in [0.5, 0.6) is 0 Å². The lowest BCUT2D eigenvalue weighted by atomic mass is 9.83. The van der Waals surface area contributed by atoms with Crippen LogP contribution in [0.3, 0.4) is 0 Å². The summed E-state index contributed by atoms with van der Waals surface area (Å²) in [6.45, 7) is 4.19. The van der Waals surface area contributed by atoms with Crippen LogP contribution in [0.15, 0.2) is 103 Å². The SMILES string of the molecule is Cc1cc2c(-c3ccc(C(F)(F)F)cc3)c3ccccc3c(-c3cccc4ccccc34)c2cc1C. The summed E-state index contributed by atoms with van der Waals surface area (Å²) in [6.07, 6.45) is -4.37. The van der Waals surface area contributed by atoms with Crippen LogP contribution in [0, 0.1) is 13.8 Å². The lowest BCUT2D eigenvalue weighted by Crippen LogP contribution is -2.04. The van der Waals surface area contributed by atoms with E-state index in [4.69, 9.17) is 0 Å². The molecule has 0 fully saturated rings. The first kappa shape index (κ1) is 22.4. The van der Waals surface area contributed by atoms with Crippen LogP contribution >= 0.6 is 0 Å². The fraction of sp³-hybridized carbons (Fsp3) is 0.0909. The molecule has 6 aromatic rings. The molecule has 0 nitrogen and oxygen atoms in total. The van der Waals surface area contributed by atoms with Gasteiger partial charge < -0.3 is 0 Å². The van der Waals surface area contributed by atoms with E-state index in [0.29, 0.717) is 0 Å². The Morgan fingerprint density at radius 2 is 1.03 bits per heavy atom. The van der Waals surface area contributed by atoms with E-state index < -0.39 is 11.7 Å². The van der Waals surface area contributed by atoms with Gasteiger partial charge in [-0.3, -0.25) is 0 Å². The molecule has 36 heavy (non-hydrogen) atoms. The highest BCUT2D eigenvalue weighted by Crippen LogP contribution is 2.46. The zero-order chi connectivity index (χ0) is 25.0. The Bertz CT molecular complexity index is 1770. The van der Waals surface area contributed by atoms with Gasteiger partial charge >= 0.3 is 6.18 Å². The summed E-state index contributed by atoms with van der Waals surface area (Å²) in [5, 5.41) is 6.59. The molecular weight excluding hydrogens is 453 g/mol. The molecule has 0 aliphatic rings. The molecule has 0 bridgehead atoms. The summed E-state index contributed by atoms with van der Waals surface area (Å²) in [7, 11) is 0. The molecule has 0 amide bonds. The summed E-state index contributed by atoms with van der Waals surface area (Å²) in [4.78, 5) is 0. The monoisotopic (exact) mass is 476 g/mol.